The molecule has 110 valence electrons. The number of hydrogen-bond acceptors (Lipinski definition) is 6. The van der Waals surface area contributed by atoms with E-state index in [0.29, 0.717) is 12.1 Å². The second-order valence-corrected chi connectivity index (χ2v) is 5.77. The third kappa shape index (κ3) is 3.25. The third-order valence-electron chi connectivity index (χ3n) is 3.14. The van der Waals surface area contributed by atoms with E-state index in [0.717, 1.165) is 23.6 Å². The van der Waals surface area contributed by atoms with E-state index in [1.807, 2.05) is 18.3 Å². The number of ether oxygens (including phenoxy) is 2. The Hall–Kier alpha value is -1.86. The highest BCUT2D eigenvalue weighted by Crippen LogP contribution is 2.33. The van der Waals surface area contributed by atoms with Crippen molar-refractivity contribution < 1.29 is 14.3 Å². The van der Waals surface area contributed by atoms with Gasteiger partial charge in [0.1, 0.15) is 11.1 Å². The molecule has 2 heterocycles. The van der Waals surface area contributed by atoms with Crippen LogP contribution in [0.3, 0.4) is 0 Å². The lowest BCUT2D eigenvalue weighted by atomic mass is 10.1. The molecule has 3 rings (SSSR count). The lowest BCUT2D eigenvalue weighted by Gasteiger charge is -2.04. The summed E-state index contributed by atoms with van der Waals surface area (Å²) in [6.07, 6.45) is 1.90. The number of benzene rings is 1. The second-order valence-electron chi connectivity index (χ2n) is 4.60. The highest BCUT2D eigenvalue weighted by molar-refractivity contribution is 7.99. The first-order valence-corrected chi connectivity index (χ1v) is 7.61. The molecule has 1 saturated heterocycles. The zero-order valence-electron chi connectivity index (χ0n) is 11.6. The maximum atomic E-state index is 11.4. The van der Waals surface area contributed by atoms with E-state index in [1.54, 1.807) is 28.6 Å². The van der Waals surface area contributed by atoms with Gasteiger partial charge in [0.15, 0.2) is 0 Å². The van der Waals surface area contributed by atoms with Gasteiger partial charge in [-0.25, -0.2) is 9.48 Å². The number of carbonyl (C=O) groups is 1. The van der Waals surface area contributed by atoms with Gasteiger partial charge in [0.2, 0.25) is 0 Å². The minimum Gasteiger partial charge on any atom is -0.465 e. The fraction of sp³-hybridized carbons (Fsp3) is 0.357. The van der Waals surface area contributed by atoms with Crippen LogP contribution in [0.25, 0.3) is 0 Å². The molecule has 1 aromatic heterocycles. The maximum Gasteiger partial charge on any atom is 0.337 e. The first kappa shape index (κ1) is 14.1. The minimum atomic E-state index is -0.333. The van der Waals surface area contributed by atoms with Crippen LogP contribution in [0.2, 0.25) is 0 Å². The van der Waals surface area contributed by atoms with Gasteiger partial charge in [-0.3, -0.25) is 0 Å². The number of nitrogens with zero attached hydrogens (tertiary/aromatic N) is 3. The average molecular weight is 305 g/mol. The smallest absolute Gasteiger partial charge is 0.337 e. The molecule has 0 amide bonds. The molecule has 6 nitrogen and oxygen atoms in total. The molecule has 21 heavy (non-hydrogen) atoms. The van der Waals surface area contributed by atoms with Gasteiger partial charge >= 0.3 is 5.97 Å². The molecule has 0 aliphatic carbocycles. The Morgan fingerprint density at radius 1 is 1.48 bits per heavy atom. The number of esters is 1. The lowest BCUT2D eigenvalue weighted by molar-refractivity contribution is 0.0600. The van der Waals surface area contributed by atoms with Gasteiger partial charge in [-0.1, -0.05) is 17.3 Å². The Morgan fingerprint density at radius 2 is 2.29 bits per heavy atom. The van der Waals surface area contributed by atoms with E-state index in [1.165, 1.54) is 7.11 Å². The van der Waals surface area contributed by atoms with Crippen molar-refractivity contribution in [1.29, 1.82) is 0 Å². The number of aromatic nitrogens is 3. The molecule has 1 aromatic carbocycles. The summed E-state index contributed by atoms with van der Waals surface area (Å²) in [5, 5.41) is 8.26. The van der Waals surface area contributed by atoms with Crippen molar-refractivity contribution in [3.05, 3.63) is 47.3 Å². The molecular formula is C14H15N3O3S. The number of thioether (sulfide) groups is 1. The van der Waals surface area contributed by atoms with Gasteiger partial charge in [-0.05, 0) is 17.7 Å². The van der Waals surface area contributed by atoms with Crippen LogP contribution < -0.4 is 0 Å². The number of rotatable bonds is 4. The molecule has 1 aliphatic heterocycles. The van der Waals surface area contributed by atoms with E-state index >= 15 is 0 Å². The SMILES string of the molecule is COC(=O)c1ccc(Cn2cc([C@@H]3OCCS3)nn2)cc1. The van der Waals surface area contributed by atoms with E-state index < -0.39 is 0 Å². The molecule has 1 fully saturated rings. The molecule has 0 radical (unpaired) electrons. The van der Waals surface area contributed by atoms with Crippen molar-refractivity contribution >= 4 is 17.7 Å². The van der Waals surface area contributed by atoms with Crippen molar-refractivity contribution in [2.24, 2.45) is 0 Å². The van der Waals surface area contributed by atoms with Gasteiger partial charge in [-0.15, -0.1) is 16.9 Å². The Morgan fingerprint density at radius 3 is 2.95 bits per heavy atom. The van der Waals surface area contributed by atoms with Crippen LogP contribution in [0.1, 0.15) is 27.1 Å². The van der Waals surface area contributed by atoms with Crippen molar-refractivity contribution in [3.8, 4) is 0 Å². The lowest BCUT2D eigenvalue weighted by Crippen LogP contribution is -2.03. The molecule has 0 saturated carbocycles. The normalized spacial score (nSPS) is 17.9. The molecule has 0 N–H and O–H groups in total. The molecular weight excluding hydrogens is 290 g/mol. The average Bonchev–Trinajstić information content (AvgIpc) is 3.18. The zero-order valence-corrected chi connectivity index (χ0v) is 12.4. The Bertz CT molecular complexity index is 621. The Balaban J connectivity index is 1.67. The van der Waals surface area contributed by atoms with Crippen molar-refractivity contribution in [3.63, 3.8) is 0 Å². The summed E-state index contributed by atoms with van der Waals surface area (Å²) in [4.78, 5) is 11.4. The molecule has 0 spiro atoms. The first-order valence-electron chi connectivity index (χ1n) is 6.57. The van der Waals surface area contributed by atoms with Gasteiger partial charge in [0.25, 0.3) is 0 Å². The highest BCUT2D eigenvalue weighted by Gasteiger charge is 2.21. The van der Waals surface area contributed by atoms with E-state index in [2.05, 4.69) is 15.0 Å². The van der Waals surface area contributed by atoms with Crippen LogP contribution in [-0.2, 0) is 16.0 Å². The first-order chi connectivity index (χ1) is 10.3. The van der Waals surface area contributed by atoms with E-state index in [9.17, 15) is 4.79 Å². The summed E-state index contributed by atoms with van der Waals surface area (Å²) < 4.78 is 12.0. The predicted octanol–water partition coefficient (Wildman–Crippen LogP) is 1.87. The van der Waals surface area contributed by atoms with Crippen molar-refractivity contribution in [2.75, 3.05) is 19.5 Å². The molecule has 1 atom stereocenters. The molecule has 0 bridgehead atoms. The molecule has 2 aromatic rings. The quantitative estimate of drug-likeness (QED) is 0.804. The van der Waals surface area contributed by atoms with Gasteiger partial charge in [0, 0.05) is 5.75 Å². The number of hydrogen-bond donors (Lipinski definition) is 0. The third-order valence-corrected chi connectivity index (χ3v) is 4.22. The summed E-state index contributed by atoms with van der Waals surface area (Å²) >= 11 is 1.73. The topological polar surface area (TPSA) is 66.2 Å². The molecule has 7 heteroatoms. The monoisotopic (exact) mass is 305 g/mol. The van der Waals surface area contributed by atoms with Crippen LogP contribution in [0, 0.1) is 0 Å². The van der Waals surface area contributed by atoms with Crippen LogP contribution in [0.15, 0.2) is 30.5 Å². The number of carbonyl (C=O) groups excluding carboxylic acids is 1. The molecule has 1 aliphatic rings. The maximum absolute atomic E-state index is 11.4. The fourth-order valence-electron chi connectivity index (χ4n) is 2.08. The van der Waals surface area contributed by atoms with Crippen molar-refractivity contribution in [2.45, 2.75) is 12.0 Å². The number of methoxy groups -OCH3 is 1. The largest absolute Gasteiger partial charge is 0.465 e. The molecule has 0 unspecified atom stereocenters. The summed E-state index contributed by atoms with van der Waals surface area (Å²) in [6.45, 7) is 1.36. The van der Waals surface area contributed by atoms with Gasteiger partial charge < -0.3 is 9.47 Å². The van der Waals surface area contributed by atoms with Crippen LogP contribution in [0.4, 0.5) is 0 Å². The van der Waals surface area contributed by atoms with Gasteiger partial charge in [-0.2, -0.15) is 0 Å². The fourth-order valence-corrected chi connectivity index (χ4v) is 2.96. The minimum absolute atomic E-state index is 0.000417. The highest BCUT2D eigenvalue weighted by atomic mass is 32.2. The van der Waals surface area contributed by atoms with Crippen LogP contribution >= 0.6 is 11.8 Å². The summed E-state index contributed by atoms with van der Waals surface area (Å²) in [5.41, 5.74) is 2.43. The predicted molar refractivity (Wildman–Crippen MR) is 78.1 cm³/mol. The summed E-state index contributed by atoms with van der Waals surface area (Å²) in [5.74, 6) is 0.659. The van der Waals surface area contributed by atoms with Crippen LogP contribution in [-0.4, -0.2) is 40.4 Å². The van der Waals surface area contributed by atoms with Crippen molar-refractivity contribution in [1.82, 2.24) is 15.0 Å². The Labute approximate surface area is 126 Å². The second kappa shape index (κ2) is 6.28. The van der Waals surface area contributed by atoms with Crippen LogP contribution in [0.5, 0.6) is 0 Å². The zero-order chi connectivity index (χ0) is 14.7. The Kier molecular flexibility index (Phi) is 4.21. The van der Waals surface area contributed by atoms with E-state index in [-0.39, 0.29) is 11.4 Å². The van der Waals surface area contributed by atoms with E-state index in [4.69, 9.17) is 4.74 Å². The summed E-state index contributed by atoms with van der Waals surface area (Å²) in [6, 6.07) is 7.26. The summed E-state index contributed by atoms with van der Waals surface area (Å²) in [7, 11) is 1.37. The van der Waals surface area contributed by atoms with Gasteiger partial charge in [0.05, 0.1) is 32.0 Å². The standard InChI is InChI=1S/C14H15N3O3S/c1-19-13(18)11-4-2-10(3-5-11)8-17-9-12(15-16-17)14-20-6-7-21-14/h2-5,9,14H,6-8H2,1H3/t14-/m1/s1.